The summed E-state index contributed by atoms with van der Waals surface area (Å²) in [6.07, 6.45) is -11.1. The molecule has 0 aliphatic rings. The zero-order valence-electron chi connectivity index (χ0n) is 16.0. The molecule has 0 fully saturated rings. The summed E-state index contributed by atoms with van der Waals surface area (Å²) in [5.74, 6) is -6.55. The van der Waals surface area contributed by atoms with Crippen molar-refractivity contribution in [2.24, 2.45) is 5.92 Å². The lowest BCUT2D eigenvalue weighted by atomic mass is 10.0. The third-order valence-electron chi connectivity index (χ3n) is 3.60. The minimum absolute atomic E-state index is 0.334. The highest BCUT2D eigenvalue weighted by atomic mass is 28.4. The number of carboxylic acid groups (broad SMARTS) is 1. The monoisotopic (exact) mass is 453 g/mol. The molecule has 0 spiro atoms. The summed E-state index contributed by atoms with van der Waals surface area (Å²) in [6, 6.07) is 0. The quantitative estimate of drug-likeness (QED) is 0.232. The van der Waals surface area contributed by atoms with Gasteiger partial charge in [-0.1, -0.05) is 0 Å². The molecule has 1 unspecified atom stereocenters. The molecule has 0 saturated carbocycles. The van der Waals surface area contributed by atoms with Crippen LogP contribution in [0.2, 0.25) is 38.3 Å². The minimum atomic E-state index is -5.56. The zero-order chi connectivity index (χ0) is 22.6. The maximum atomic E-state index is 13.3. The van der Waals surface area contributed by atoms with Crippen LogP contribution in [0.15, 0.2) is 12.2 Å². The highest BCUT2D eigenvalue weighted by Crippen LogP contribution is 2.51. The molecule has 0 amide bonds. The molecule has 1 atom stereocenters. The largest absolute Gasteiger partial charge is 0.545 e. The summed E-state index contributed by atoms with van der Waals surface area (Å²) < 4.78 is 90.0. The van der Waals surface area contributed by atoms with Gasteiger partial charge in [0, 0.05) is 11.6 Å². The lowest BCUT2D eigenvalue weighted by Crippen LogP contribution is -2.53. The average molecular weight is 454 g/mol. The van der Waals surface area contributed by atoms with Crippen molar-refractivity contribution in [3.8, 4) is 0 Å². The normalized spacial score (nSPS) is 15.1. The first-order chi connectivity index (χ1) is 12.3. The van der Waals surface area contributed by atoms with Gasteiger partial charge in [0.1, 0.15) is 0 Å². The maximum Gasteiger partial charge on any atom is 0.400 e. The number of esters is 1. The van der Waals surface area contributed by atoms with E-state index in [2.05, 4.69) is 4.74 Å². The molecular formula is C15H23F6O5Si2-. The molecule has 0 aliphatic heterocycles. The van der Waals surface area contributed by atoms with Crippen molar-refractivity contribution >= 4 is 28.6 Å². The highest BCUT2D eigenvalue weighted by molar-refractivity contribution is 6.85. The summed E-state index contributed by atoms with van der Waals surface area (Å²) in [6.45, 7) is 6.75. The summed E-state index contributed by atoms with van der Waals surface area (Å²) in [7, 11) is -6.02. The fraction of sp³-hybridized carbons (Fsp3) is 0.733. The number of ether oxygens (including phenoxy) is 1. The van der Waals surface area contributed by atoms with Gasteiger partial charge in [0.2, 0.25) is 0 Å². The van der Waals surface area contributed by atoms with Gasteiger partial charge in [-0.05, 0) is 45.2 Å². The number of hydrogen-bond acceptors (Lipinski definition) is 5. The number of carboxylic acids is 1. The van der Waals surface area contributed by atoms with Gasteiger partial charge >= 0.3 is 18.3 Å². The third kappa shape index (κ3) is 9.73. The Morgan fingerprint density at radius 1 is 0.964 bits per heavy atom. The highest BCUT2D eigenvalue weighted by Gasteiger charge is 2.63. The Labute approximate surface area is 161 Å². The molecule has 0 aliphatic carbocycles. The van der Waals surface area contributed by atoms with Gasteiger partial charge in [0.25, 0.3) is 0 Å². The molecule has 0 bridgehead atoms. The molecule has 0 N–H and O–H groups in total. The average Bonchev–Trinajstić information content (AvgIpc) is 2.38. The third-order valence-corrected chi connectivity index (χ3v) is 10.6. The van der Waals surface area contributed by atoms with E-state index in [-0.39, 0.29) is 0 Å². The lowest BCUT2D eigenvalue weighted by molar-refractivity contribution is -0.297. The zero-order valence-corrected chi connectivity index (χ0v) is 18.0. The van der Waals surface area contributed by atoms with Crippen LogP contribution in [-0.2, 0) is 18.4 Å². The van der Waals surface area contributed by atoms with Crippen molar-refractivity contribution in [2.45, 2.75) is 57.0 Å². The Morgan fingerprint density at radius 2 is 1.43 bits per heavy atom. The lowest BCUT2D eigenvalue weighted by Gasteiger charge is -2.42. The second-order valence-corrected chi connectivity index (χ2v) is 16.6. The smallest absolute Gasteiger partial charge is 0.400 e. The number of carbonyl (C=O) groups is 2. The van der Waals surface area contributed by atoms with E-state index in [1.807, 2.05) is 0 Å². The topological polar surface area (TPSA) is 75.7 Å². The summed E-state index contributed by atoms with van der Waals surface area (Å²) in [4.78, 5) is 21.5. The van der Waals surface area contributed by atoms with Crippen molar-refractivity contribution in [1.29, 1.82) is 0 Å². The van der Waals surface area contributed by atoms with E-state index in [1.54, 1.807) is 19.6 Å². The molecule has 164 valence electrons. The number of carbonyl (C=O) groups excluding carboxylic acids is 2. The van der Waals surface area contributed by atoms with Crippen LogP contribution in [-0.4, -0.2) is 47.5 Å². The van der Waals surface area contributed by atoms with Gasteiger partial charge in [0.05, 0.1) is 12.6 Å². The Hall–Kier alpha value is -1.35. The van der Waals surface area contributed by atoms with Gasteiger partial charge in [-0.25, -0.2) is 4.79 Å². The molecule has 0 aromatic rings. The molecule has 0 saturated heterocycles. The molecule has 0 rings (SSSR count). The second kappa shape index (κ2) is 9.43. The van der Waals surface area contributed by atoms with E-state index in [9.17, 15) is 41.0 Å². The van der Waals surface area contributed by atoms with E-state index >= 15 is 0 Å². The van der Waals surface area contributed by atoms with Gasteiger partial charge in [0.15, 0.2) is 22.6 Å². The van der Waals surface area contributed by atoms with E-state index in [4.69, 9.17) is 4.12 Å². The van der Waals surface area contributed by atoms with Crippen LogP contribution < -0.4 is 5.11 Å². The first-order valence-electron chi connectivity index (χ1n) is 8.17. The summed E-state index contributed by atoms with van der Waals surface area (Å²) in [5.41, 5.74) is -1.96. The fourth-order valence-electron chi connectivity index (χ4n) is 2.89. The van der Waals surface area contributed by atoms with Crippen molar-refractivity contribution in [3.05, 3.63) is 12.2 Å². The van der Waals surface area contributed by atoms with Crippen LogP contribution in [0.25, 0.3) is 0 Å². The van der Waals surface area contributed by atoms with E-state index in [0.29, 0.717) is 12.2 Å². The van der Waals surface area contributed by atoms with Crippen molar-refractivity contribution in [2.75, 3.05) is 6.61 Å². The van der Waals surface area contributed by atoms with Crippen molar-refractivity contribution in [1.82, 2.24) is 0 Å². The molecule has 0 heterocycles. The van der Waals surface area contributed by atoms with Crippen molar-refractivity contribution in [3.63, 3.8) is 0 Å². The van der Waals surface area contributed by atoms with Crippen LogP contribution >= 0.6 is 0 Å². The number of halogens is 6. The number of rotatable bonds is 9. The van der Waals surface area contributed by atoms with Gasteiger partial charge < -0.3 is 18.8 Å². The number of alkyl halides is 6. The maximum absolute atomic E-state index is 13.3. The number of hydrogen-bond donors (Lipinski definition) is 0. The van der Waals surface area contributed by atoms with Crippen LogP contribution in [0, 0.1) is 5.92 Å². The summed E-state index contributed by atoms with van der Waals surface area (Å²) in [5, 5.41) is 10.2. The standard InChI is InChI=1S/C15H24F6O5Si2/c1-27(2,3)26-28(4,5)10(13(14(16,17)18)15(19,20)21)8-9-25-12(24)7-6-11(22)23/h6-7,10,13H,8-9H2,1-5H3,(H,22,23)/p-1/b7-6+. The second-order valence-electron chi connectivity index (χ2n) is 7.59. The molecule has 0 aromatic carbocycles. The van der Waals surface area contributed by atoms with Gasteiger partial charge in [-0.15, -0.1) is 0 Å². The fourth-order valence-corrected chi connectivity index (χ4v) is 11.8. The Morgan fingerprint density at radius 3 is 1.79 bits per heavy atom. The first kappa shape index (κ1) is 26.7. The molecule has 28 heavy (non-hydrogen) atoms. The van der Waals surface area contributed by atoms with Gasteiger partial charge in [-0.3, -0.25) is 0 Å². The SMILES string of the molecule is C[Si](C)(C)O[Si](C)(C)C(CCOC(=O)/C=C/C(=O)[O-])C(C(F)(F)F)C(F)(F)F. The first-order valence-corrected chi connectivity index (χ1v) is 14.6. The van der Waals surface area contributed by atoms with Crippen molar-refractivity contribution < 1.29 is 49.9 Å². The minimum Gasteiger partial charge on any atom is -0.545 e. The van der Waals surface area contributed by atoms with Crippen LogP contribution in [0.1, 0.15) is 6.42 Å². The predicted octanol–water partition coefficient (Wildman–Crippen LogP) is 3.39. The Balaban J connectivity index is 5.68. The van der Waals surface area contributed by atoms with E-state index in [0.717, 1.165) is 0 Å². The van der Waals surface area contributed by atoms with E-state index in [1.165, 1.54) is 13.1 Å². The Kier molecular flexibility index (Phi) is 8.98. The molecule has 13 heteroatoms. The van der Waals surface area contributed by atoms with Crippen LogP contribution in [0.3, 0.4) is 0 Å². The van der Waals surface area contributed by atoms with Crippen LogP contribution in [0.5, 0.6) is 0 Å². The molecule has 0 radical (unpaired) electrons. The molecule has 0 aromatic heterocycles. The molecular weight excluding hydrogens is 430 g/mol. The van der Waals surface area contributed by atoms with E-state index < -0.39 is 65.4 Å². The summed E-state index contributed by atoms with van der Waals surface area (Å²) >= 11 is 0. The Bertz CT molecular complexity index is 567. The number of aliphatic carboxylic acids is 1. The predicted molar refractivity (Wildman–Crippen MR) is 91.0 cm³/mol. The molecule has 5 nitrogen and oxygen atoms in total. The van der Waals surface area contributed by atoms with Crippen LogP contribution in [0.4, 0.5) is 26.3 Å². The van der Waals surface area contributed by atoms with Gasteiger partial charge in [-0.2, -0.15) is 26.3 Å².